The third-order valence-corrected chi connectivity index (χ3v) is 11.2. The first kappa shape index (κ1) is 46.6. The van der Waals surface area contributed by atoms with E-state index in [2.05, 4.69) is 24.0 Å². The van der Waals surface area contributed by atoms with Gasteiger partial charge in [0.1, 0.15) is 11.5 Å². The van der Waals surface area contributed by atoms with Crippen LogP contribution in [0, 0.1) is 0 Å². The van der Waals surface area contributed by atoms with E-state index < -0.39 is 0 Å². The third kappa shape index (κ3) is 23.8. The van der Waals surface area contributed by atoms with Crippen LogP contribution in [0.3, 0.4) is 0 Å². The van der Waals surface area contributed by atoms with Crippen LogP contribution in [0.2, 0.25) is 0 Å². The van der Waals surface area contributed by atoms with Crippen molar-refractivity contribution in [1.82, 2.24) is 10.2 Å². The summed E-state index contributed by atoms with van der Waals surface area (Å²) in [5.41, 5.74) is 1.79. The molecule has 0 bridgehead atoms. The molecular weight excluding hydrogens is 677 g/mol. The molecule has 310 valence electrons. The van der Waals surface area contributed by atoms with Gasteiger partial charge in [0, 0.05) is 11.1 Å². The summed E-state index contributed by atoms with van der Waals surface area (Å²) in [5, 5.41) is 8.61. The molecule has 3 rings (SSSR count). The van der Waals surface area contributed by atoms with Gasteiger partial charge in [0.2, 0.25) is 11.8 Å². The average molecular weight is 759 g/mol. The van der Waals surface area contributed by atoms with Crippen LogP contribution in [0.4, 0.5) is 0 Å². The fourth-order valence-electron chi connectivity index (χ4n) is 7.52. The first-order valence-corrected chi connectivity index (χ1v) is 23.6. The van der Waals surface area contributed by atoms with Crippen LogP contribution in [0.25, 0.3) is 22.9 Å². The molecular formula is C50H82N2O3. The van der Waals surface area contributed by atoms with Crippen LogP contribution in [0.15, 0.2) is 52.9 Å². The molecule has 0 N–H and O–H groups in total. The van der Waals surface area contributed by atoms with Gasteiger partial charge in [-0.25, -0.2) is 0 Å². The van der Waals surface area contributed by atoms with Crippen molar-refractivity contribution in [1.29, 1.82) is 0 Å². The average Bonchev–Trinajstić information content (AvgIpc) is 3.71. The summed E-state index contributed by atoms with van der Waals surface area (Å²) < 4.78 is 18.0. The maximum atomic E-state index is 6.03. The summed E-state index contributed by atoms with van der Waals surface area (Å²) in [6, 6.07) is 16.0. The maximum Gasteiger partial charge on any atom is 0.248 e. The summed E-state index contributed by atoms with van der Waals surface area (Å²) >= 11 is 0. The highest BCUT2D eigenvalue weighted by molar-refractivity contribution is 5.59. The van der Waals surface area contributed by atoms with Gasteiger partial charge in [-0.05, 0) is 61.4 Å². The van der Waals surface area contributed by atoms with E-state index in [0.29, 0.717) is 11.8 Å². The minimum absolute atomic E-state index is 0.517. The Morgan fingerprint density at radius 1 is 0.327 bits per heavy atom. The molecule has 5 nitrogen and oxygen atoms in total. The molecule has 3 aromatic rings. The van der Waals surface area contributed by atoms with Gasteiger partial charge < -0.3 is 13.9 Å². The molecule has 0 saturated carbocycles. The lowest BCUT2D eigenvalue weighted by Crippen LogP contribution is -1.97. The second-order valence-corrected chi connectivity index (χ2v) is 16.3. The van der Waals surface area contributed by atoms with Crippen LogP contribution >= 0.6 is 0 Å². The highest BCUT2D eigenvalue weighted by Gasteiger charge is 2.11. The number of ether oxygens (including phenoxy) is 2. The standard InChI is InChI=1S/C50H82N2O3/c1-3-5-7-9-11-13-15-17-19-21-23-25-27-29-31-33-43-53-47-39-35-45(36-40-47)49-51-52-50(55-49)46-37-41-48(42-38-46)54-44-34-32-30-28-26-24-22-20-18-16-14-12-10-8-6-4-2/h35-42H,3-34,43-44H2,1-2H3. The normalized spacial score (nSPS) is 11.4. The predicted octanol–water partition coefficient (Wildman–Crippen LogP) is 16.7. The van der Waals surface area contributed by atoms with Crippen molar-refractivity contribution in [2.24, 2.45) is 0 Å². The number of unbranched alkanes of at least 4 members (excludes halogenated alkanes) is 30. The topological polar surface area (TPSA) is 57.4 Å². The van der Waals surface area contributed by atoms with Crippen molar-refractivity contribution in [3.05, 3.63) is 48.5 Å². The van der Waals surface area contributed by atoms with Gasteiger partial charge in [-0.2, -0.15) is 0 Å². The Morgan fingerprint density at radius 2 is 0.564 bits per heavy atom. The van der Waals surface area contributed by atoms with Crippen LogP contribution in [-0.2, 0) is 0 Å². The predicted molar refractivity (Wildman–Crippen MR) is 235 cm³/mol. The molecule has 1 aromatic heterocycles. The lowest BCUT2D eigenvalue weighted by Gasteiger charge is -2.07. The van der Waals surface area contributed by atoms with E-state index in [1.165, 1.54) is 193 Å². The van der Waals surface area contributed by atoms with Gasteiger partial charge in [-0.15, -0.1) is 10.2 Å². The molecule has 0 unspecified atom stereocenters. The zero-order valence-electron chi connectivity index (χ0n) is 35.8. The van der Waals surface area contributed by atoms with Crippen molar-refractivity contribution in [3.63, 3.8) is 0 Å². The van der Waals surface area contributed by atoms with Crippen LogP contribution < -0.4 is 9.47 Å². The van der Waals surface area contributed by atoms with Gasteiger partial charge >= 0.3 is 0 Å². The van der Waals surface area contributed by atoms with Crippen molar-refractivity contribution in [2.45, 2.75) is 219 Å². The van der Waals surface area contributed by atoms with Crippen molar-refractivity contribution < 1.29 is 13.9 Å². The van der Waals surface area contributed by atoms with E-state index in [4.69, 9.17) is 13.9 Å². The Kier molecular flexibility index (Phi) is 28.2. The zero-order valence-corrected chi connectivity index (χ0v) is 35.8. The number of hydrogen-bond acceptors (Lipinski definition) is 5. The van der Waals surface area contributed by atoms with E-state index in [1.54, 1.807) is 0 Å². The van der Waals surface area contributed by atoms with Gasteiger partial charge in [0.25, 0.3) is 0 Å². The van der Waals surface area contributed by atoms with Gasteiger partial charge in [-0.1, -0.05) is 206 Å². The molecule has 0 aliphatic rings. The van der Waals surface area contributed by atoms with Gasteiger partial charge in [0.15, 0.2) is 0 Å². The number of benzene rings is 2. The largest absolute Gasteiger partial charge is 0.494 e. The summed E-state index contributed by atoms with van der Waals surface area (Å²) in [4.78, 5) is 0. The molecule has 0 aliphatic carbocycles. The Morgan fingerprint density at radius 3 is 0.818 bits per heavy atom. The Balaban J connectivity index is 1.14. The number of rotatable bonds is 38. The SMILES string of the molecule is CCCCCCCCCCCCCCCCCCOc1ccc(-c2nnc(-c3ccc(OCCCCCCCCCCCCCCCCCC)cc3)o2)cc1. The highest BCUT2D eigenvalue weighted by Crippen LogP contribution is 2.27. The van der Waals surface area contributed by atoms with Crippen molar-refractivity contribution in [3.8, 4) is 34.4 Å². The summed E-state index contributed by atoms with van der Waals surface area (Å²) in [6.45, 7) is 6.12. The van der Waals surface area contributed by atoms with E-state index in [9.17, 15) is 0 Å². The minimum atomic E-state index is 0.517. The molecule has 5 heteroatoms. The number of nitrogens with zero attached hydrogens (tertiary/aromatic N) is 2. The molecule has 0 aliphatic heterocycles. The number of aromatic nitrogens is 2. The molecule has 0 radical (unpaired) electrons. The zero-order chi connectivity index (χ0) is 38.7. The molecule has 0 atom stereocenters. The Labute approximate surface area is 338 Å². The molecule has 55 heavy (non-hydrogen) atoms. The monoisotopic (exact) mass is 759 g/mol. The smallest absolute Gasteiger partial charge is 0.248 e. The maximum absolute atomic E-state index is 6.03. The second kappa shape index (κ2) is 33.3. The van der Waals surface area contributed by atoms with Crippen LogP contribution in [-0.4, -0.2) is 23.4 Å². The molecule has 0 saturated heterocycles. The fraction of sp³-hybridized carbons (Fsp3) is 0.720. The quantitative estimate of drug-likeness (QED) is 0.0545. The van der Waals surface area contributed by atoms with E-state index in [0.717, 1.165) is 48.7 Å². The molecule has 2 aromatic carbocycles. The summed E-state index contributed by atoms with van der Waals surface area (Å²) in [7, 11) is 0. The van der Waals surface area contributed by atoms with Crippen molar-refractivity contribution in [2.75, 3.05) is 13.2 Å². The molecule has 1 heterocycles. The lowest BCUT2D eigenvalue weighted by atomic mass is 10.0. The van der Waals surface area contributed by atoms with Gasteiger partial charge in [-0.3, -0.25) is 0 Å². The first-order chi connectivity index (χ1) is 27.3. The van der Waals surface area contributed by atoms with E-state index in [1.807, 2.05) is 48.5 Å². The molecule has 0 spiro atoms. The number of hydrogen-bond donors (Lipinski definition) is 0. The summed E-state index contributed by atoms with van der Waals surface area (Å²) in [6.07, 6.45) is 44.2. The highest BCUT2D eigenvalue weighted by atomic mass is 16.5. The minimum Gasteiger partial charge on any atom is -0.494 e. The molecule has 0 fully saturated rings. The molecule has 0 amide bonds. The first-order valence-electron chi connectivity index (χ1n) is 23.6. The van der Waals surface area contributed by atoms with Crippen LogP contribution in [0.1, 0.15) is 219 Å². The fourth-order valence-corrected chi connectivity index (χ4v) is 7.52. The Bertz CT molecular complexity index is 1160. The Hall–Kier alpha value is -2.82. The summed E-state index contributed by atoms with van der Waals surface area (Å²) in [5.74, 6) is 2.81. The van der Waals surface area contributed by atoms with Gasteiger partial charge in [0.05, 0.1) is 13.2 Å². The van der Waals surface area contributed by atoms with Crippen molar-refractivity contribution >= 4 is 0 Å². The van der Waals surface area contributed by atoms with E-state index in [-0.39, 0.29) is 0 Å². The lowest BCUT2D eigenvalue weighted by molar-refractivity contribution is 0.304. The second-order valence-electron chi connectivity index (χ2n) is 16.3. The van der Waals surface area contributed by atoms with Crippen LogP contribution in [0.5, 0.6) is 11.5 Å². The third-order valence-electron chi connectivity index (χ3n) is 11.2. The van der Waals surface area contributed by atoms with E-state index >= 15 is 0 Å².